The fourth-order valence-electron chi connectivity index (χ4n) is 2.33. The summed E-state index contributed by atoms with van der Waals surface area (Å²) in [5.41, 5.74) is -0.235. The van der Waals surface area contributed by atoms with E-state index >= 15 is 0 Å². The Kier molecular flexibility index (Phi) is 4.91. The zero-order valence-electron chi connectivity index (χ0n) is 12.8. The van der Waals surface area contributed by atoms with Gasteiger partial charge >= 0.3 is 0 Å². The van der Waals surface area contributed by atoms with E-state index in [1.54, 1.807) is 31.2 Å². The summed E-state index contributed by atoms with van der Waals surface area (Å²) in [5, 5.41) is 3.29. The second-order valence-electron chi connectivity index (χ2n) is 5.79. The molecule has 0 saturated carbocycles. The van der Waals surface area contributed by atoms with Crippen LogP contribution in [0.1, 0.15) is 20.8 Å². The Morgan fingerprint density at radius 3 is 2.76 bits per heavy atom. The first-order valence-electron chi connectivity index (χ1n) is 7.17. The van der Waals surface area contributed by atoms with Crippen LogP contribution in [0.3, 0.4) is 0 Å². The second-order valence-corrected chi connectivity index (χ2v) is 8.04. The fraction of sp³-hybridized carbons (Fsp3) is 0.600. The molecule has 6 heteroatoms. The van der Waals surface area contributed by atoms with Crippen molar-refractivity contribution in [3.63, 3.8) is 0 Å². The normalized spacial score (nSPS) is 22.0. The molecule has 2 rings (SSSR count). The van der Waals surface area contributed by atoms with Crippen molar-refractivity contribution in [2.75, 3.05) is 25.4 Å². The van der Waals surface area contributed by atoms with E-state index in [0.717, 1.165) is 6.54 Å². The molecule has 0 aliphatic carbocycles. The van der Waals surface area contributed by atoms with Gasteiger partial charge in [-0.15, -0.1) is 0 Å². The third-order valence-electron chi connectivity index (χ3n) is 3.40. The average Bonchev–Trinajstić information content (AvgIpc) is 2.44. The molecular formula is C15H23NO4S. The van der Waals surface area contributed by atoms with Crippen LogP contribution in [0.2, 0.25) is 0 Å². The Morgan fingerprint density at radius 2 is 2.10 bits per heavy atom. The molecule has 0 aromatic heterocycles. The Morgan fingerprint density at radius 1 is 1.38 bits per heavy atom. The average molecular weight is 313 g/mol. The third kappa shape index (κ3) is 4.18. The van der Waals surface area contributed by atoms with Crippen molar-refractivity contribution in [1.29, 1.82) is 0 Å². The van der Waals surface area contributed by atoms with E-state index in [1.807, 2.05) is 13.8 Å². The molecule has 1 aromatic rings. The van der Waals surface area contributed by atoms with Gasteiger partial charge in [-0.1, -0.05) is 19.1 Å². The summed E-state index contributed by atoms with van der Waals surface area (Å²) in [6.45, 7) is 7.48. The van der Waals surface area contributed by atoms with Crippen LogP contribution in [-0.2, 0) is 14.6 Å². The first kappa shape index (κ1) is 16.3. The van der Waals surface area contributed by atoms with Crippen LogP contribution in [0, 0.1) is 0 Å². The highest BCUT2D eigenvalue weighted by atomic mass is 32.2. The van der Waals surface area contributed by atoms with Gasteiger partial charge in [-0.2, -0.15) is 0 Å². The number of hydrogen-bond donors (Lipinski definition) is 1. The third-order valence-corrected chi connectivity index (χ3v) is 5.16. The largest absolute Gasteiger partial charge is 0.489 e. The number of nitrogens with one attached hydrogen (secondary N) is 1. The van der Waals surface area contributed by atoms with Crippen molar-refractivity contribution in [2.45, 2.75) is 37.4 Å². The zero-order valence-corrected chi connectivity index (χ0v) is 13.6. The summed E-state index contributed by atoms with van der Waals surface area (Å²) in [4.78, 5) is 0.246. The number of benzene rings is 1. The van der Waals surface area contributed by atoms with Crippen molar-refractivity contribution < 1.29 is 17.9 Å². The summed E-state index contributed by atoms with van der Waals surface area (Å²) in [7, 11) is -3.29. The van der Waals surface area contributed by atoms with Gasteiger partial charge in [-0.05, 0) is 26.0 Å². The maximum Gasteiger partial charge on any atom is 0.181 e. The number of hydrogen-bond acceptors (Lipinski definition) is 5. The smallest absolute Gasteiger partial charge is 0.181 e. The van der Waals surface area contributed by atoms with Crippen molar-refractivity contribution in [2.24, 2.45) is 0 Å². The SMILES string of the molecule is CCS(=O)(=O)c1ccccc1OCC1CNCC(C)(C)O1. The predicted molar refractivity (Wildman–Crippen MR) is 81.5 cm³/mol. The lowest BCUT2D eigenvalue weighted by molar-refractivity contribution is -0.107. The van der Waals surface area contributed by atoms with E-state index < -0.39 is 9.84 Å². The maximum absolute atomic E-state index is 12.1. The van der Waals surface area contributed by atoms with E-state index in [0.29, 0.717) is 18.9 Å². The molecule has 1 heterocycles. The highest BCUT2D eigenvalue weighted by molar-refractivity contribution is 7.91. The molecule has 1 aliphatic rings. The number of morpholine rings is 1. The maximum atomic E-state index is 12.1. The number of ether oxygens (including phenoxy) is 2. The molecule has 0 amide bonds. The molecule has 118 valence electrons. The molecule has 1 N–H and O–H groups in total. The molecular weight excluding hydrogens is 290 g/mol. The molecule has 1 fully saturated rings. The van der Waals surface area contributed by atoms with Gasteiger partial charge in [0.05, 0.1) is 11.4 Å². The molecule has 0 spiro atoms. The Bertz CT molecular complexity index is 583. The first-order chi connectivity index (χ1) is 9.84. The van der Waals surface area contributed by atoms with Gasteiger partial charge in [0.25, 0.3) is 0 Å². The molecule has 5 nitrogen and oxygen atoms in total. The summed E-state index contributed by atoms with van der Waals surface area (Å²) in [6, 6.07) is 6.74. The zero-order chi connectivity index (χ0) is 15.5. The summed E-state index contributed by atoms with van der Waals surface area (Å²) in [5.74, 6) is 0.452. The standard InChI is InChI=1S/C15H23NO4S/c1-4-21(17,18)14-8-6-5-7-13(14)19-10-12-9-16-11-15(2,3)20-12/h5-8,12,16H,4,9-11H2,1-3H3. The van der Waals surface area contributed by atoms with E-state index in [4.69, 9.17) is 9.47 Å². The van der Waals surface area contributed by atoms with Crippen LogP contribution in [0.4, 0.5) is 0 Å². The highest BCUT2D eigenvalue weighted by Crippen LogP contribution is 2.25. The summed E-state index contributed by atoms with van der Waals surface area (Å²) >= 11 is 0. The molecule has 1 atom stereocenters. The molecule has 1 aliphatic heterocycles. The van der Waals surface area contributed by atoms with Crippen LogP contribution in [0.15, 0.2) is 29.2 Å². The number of para-hydroxylation sites is 1. The molecule has 21 heavy (non-hydrogen) atoms. The summed E-state index contributed by atoms with van der Waals surface area (Å²) in [6.07, 6.45) is -0.0915. The van der Waals surface area contributed by atoms with Gasteiger partial charge in [0, 0.05) is 13.1 Å². The number of rotatable bonds is 5. The van der Waals surface area contributed by atoms with Gasteiger partial charge in [0.1, 0.15) is 23.4 Å². The van der Waals surface area contributed by atoms with Crippen LogP contribution in [0.25, 0.3) is 0 Å². The minimum absolute atomic E-state index is 0.0574. The Labute approximate surface area is 126 Å². The van der Waals surface area contributed by atoms with Gasteiger partial charge in [0.15, 0.2) is 9.84 Å². The van der Waals surface area contributed by atoms with Gasteiger partial charge in [0.2, 0.25) is 0 Å². The fourth-order valence-corrected chi connectivity index (χ4v) is 3.36. The van der Waals surface area contributed by atoms with Crippen LogP contribution in [0.5, 0.6) is 5.75 Å². The highest BCUT2D eigenvalue weighted by Gasteiger charge is 2.29. The quantitative estimate of drug-likeness (QED) is 0.895. The Hall–Kier alpha value is -1.11. The molecule has 0 radical (unpaired) electrons. The van der Waals surface area contributed by atoms with Gasteiger partial charge in [-0.25, -0.2) is 8.42 Å². The van der Waals surface area contributed by atoms with Crippen LogP contribution < -0.4 is 10.1 Å². The lowest BCUT2D eigenvalue weighted by atomic mass is 10.1. The van der Waals surface area contributed by atoms with Crippen molar-refractivity contribution in [3.05, 3.63) is 24.3 Å². The van der Waals surface area contributed by atoms with Gasteiger partial charge < -0.3 is 14.8 Å². The van der Waals surface area contributed by atoms with E-state index in [-0.39, 0.29) is 22.4 Å². The van der Waals surface area contributed by atoms with Crippen molar-refractivity contribution >= 4 is 9.84 Å². The Balaban J connectivity index is 2.07. The molecule has 1 saturated heterocycles. The van der Waals surface area contributed by atoms with Crippen LogP contribution in [-0.4, -0.2) is 45.6 Å². The monoisotopic (exact) mass is 313 g/mol. The minimum Gasteiger partial charge on any atom is -0.489 e. The van der Waals surface area contributed by atoms with Crippen molar-refractivity contribution in [3.8, 4) is 5.75 Å². The van der Waals surface area contributed by atoms with E-state index in [1.165, 1.54) is 0 Å². The van der Waals surface area contributed by atoms with E-state index in [9.17, 15) is 8.42 Å². The second kappa shape index (κ2) is 6.34. The van der Waals surface area contributed by atoms with E-state index in [2.05, 4.69) is 5.32 Å². The number of sulfone groups is 1. The minimum atomic E-state index is -3.29. The predicted octanol–water partition coefficient (Wildman–Crippen LogP) is 1.63. The van der Waals surface area contributed by atoms with Gasteiger partial charge in [-0.3, -0.25) is 0 Å². The topological polar surface area (TPSA) is 64.6 Å². The first-order valence-corrected chi connectivity index (χ1v) is 8.82. The van der Waals surface area contributed by atoms with Crippen molar-refractivity contribution in [1.82, 2.24) is 5.32 Å². The lowest BCUT2D eigenvalue weighted by Crippen LogP contribution is -2.52. The molecule has 1 aromatic carbocycles. The van der Waals surface area contributed by atoms with Crippen LogP contribution >= 0.6 is 0 Å². The molecule has 0 bridgehead atoms. The molecule has 1 unspecified atom stereocenters. The lowest BCUT2D eigenvalue weighted by Gasteiger charge is -2.36. The summed E-state index contributed by atoms with van der Waals surface area (Å²) < 4.78 is 35.7.